The molecule has 1 aliphatic rings. The lowest BCUT2D eigenvalue weighted by atomic mass is 9.97. The van der Waals surface area contributed by atoms with Crippen molar-refractivity contribution >= 4 is 11.7 Å². The first kappa shape index (κ1) is 19.9. The van der Waals surface area contributed by atoms with Crippen LogP contribution in [0, 0.1) is 0 Å². The summed E-state index contributed by atoms with van der Waals surface area (Å²) in [4.78, 5) is 19.3. The molecular weight excluding hydrogens is 362 g/mol. The van der Waals surface area contributed by atoms with Crippen LogP contribution in [0.15, 0.2) is 36.5 Å². The molecule has 2 atom stereocenters. The highest BCUT2D eigenvalue weighted by molar-refractivity contribution is 5.99. The van der Waals surface area contributed by atoms with E-state index in [0.717, 1.165) is 5.56 Å². The number of nitrogens with one attached hydrogen (secondary N) is 1. The number of aliphatic hydroxyl groups excluding tert-OH is 1. The lowest BCUT2D eigenvalue weighted by Crippen LogP contribution is -2.49. The maximum absolute atomic E-state index is 13.4. The smallest absolute Gasteiger partial charge is 0.258 e. The highest BCUT2D eigenvalue weighted by Crippen LogP contribution is 2.36. The van der Waals surface area contributed by atoms with E-state index < -0.39 is 12.1 Å². The zero-order valence-electron chi connectivity index (χ0n) is 16.2. The maximum atomic E-state index is 13.4. The number of carbonyl (C=O) groups excluding carboxylic acids is 1. The fourth-order valence-corrected chi connectivity index (χ4v) is 3.48. The zero-order valence-corrected chi connectivity index (χ0v) is 16.2. The molecule has 2 aromatic rings. The van der Waals surface area contributed by atoms with E-state index in [-0.39, 0.29) is 12.5 Å². The van der Waals surface area contributed by atoms with Gasteiger partial charge in [0, 0.05) is 19.8 Å². The molecule has 2 N–H and O–H groups in total. The van der Waals surface area contributed by atoms with E-state index >= 15 is 0 Å². The van der Waals surface area contributed by atoms with Gasteiger partial charge in [-0.05, 0) is 29.8 Å². The third-order valence-electron chi connectivity index (χ3n) is 4.82. The summed E-state index contributed by atoms with van der Waals surface area (Å²) in [6.07, 6.45) is 1.08. The van der Waals surface area contributed by atoms with Gasteiger partial charge in [0.1, 0.15) is 11.9 Å². The van der Waals surface area contributed by atoms with Crippen LogP contribution in [0.5, 0.6) is 11.5 Å². The van der Waals surface area contributed by atoms with E-state index in [1.807, 2.05) is 12.1 Å². The highest BCUT2D eigenvalue weighted by Gasteiger charge is 2.37. The van der Waals surface area contributed by atoms with Gasteiger partial charge in [-0.3, -0.25) is 4.79 Å². The summed E-state index contributed by atoms with van der Waals surface area (Å²) in [6, 6.07) is 8.42. The average molecular weight is 387 g/mol. The van der Waals surface area contributed by atoms with Crippen LogP contribution in [-0.2, 0) is 4.74 Å². The molecule has 1 fully saturated rings. The molecule has 8 heteroatoms. The number of benzene rings is 1. The predicted octanol–water partition coefficient (Wildman–Crippen LogP) is 1.72. The summed E-state index contributed by atoms with van der Waals surface area (Å²) < 4.78 is 16.5. The van der Waals surface area contributed by atoms with Crippen molar-refractivity contribution in [3.05, 3.63) is 47.7 Å². The number of aliphatic hydroxyl groups is 1. The Morgan fingerprint density at radius 2 is 2.11 bits per heavy atom. The third-order valence-corrected chi connectivity index (χ3v) is 4.82. The lowest BCUT2D eigenvalue weighted by molar-refractivity contribution is -0.0811. The summed E-state index contributed by atoms with van der Waals surface area (Å²) in [5, 5.41) is 12.8. The number of carbonyl (C=O) groups is 1. The Morgan fingerprint density at radius 1 is 1.32 bits per heavy atom. The number of anilines is 1. The molecule has 2 heterocycles. The molecule has 28 heavy (non-hydrogen) atoms. The molecule has 1 amide bonds. The minimum absolute atomic E-state index is 0.181. The summed E-state index contributed by atoms with van der Waals surface area (Å²) in [5.74, 6) is 1.46. The average Bonchev–Trinajstić information content (AvgIpc) is 2.77. The molecule has 0 unspecified atom stereocenters. The number of amides is 1. The number of morpholine rings is 1. The number of rotatable bonds is 6. The first-order valence-electron chi connectivity index (χ1n) is 9.02. The van der Waals surface area contributed by atoms with Crippen molar-refractivity contribution in [1.29, 1.82) is 0 Å². The number of ether oxygens (including phenoxy) is 3. The molecule has 1 aliphatic heterocycles. The van der Waals surface area contributed by atoms with Crippen LogP contribution >= 0.6 is 0 Å². The SMILES string of the molecule is CNc1ncccc1C(=O)N1CCO[C@H](CO)[C@H]1c1ccc(OC)c(OC)c1. The largest absolute Gasteiger partial charge is 0.493 e. The fourth-order valence-electron chi connectivity index (χ4n) is 3.48. The summed E-state index contributed by atoms with van der Waals surface area (Å²) >= 11 is 0. The Bertz CT molecular complexity index is 829. The minimum Gasteiger partial charge on any atom is -0.493 e. The topological polar surface area (TPSA) is 93.2 Å². The van der Waals surface area contributed by atoms with E-state index in [4.69, 9.17) is 14.2 Å². The summed E-state index contributed by atoms with van der Waals surface area (Å²) in [5.41, 5.74) is 1.26. The molecule has 1 saturated heterocycles. The van der Waals surface area contributed by atoms with Crippen molar-refractivity contribution in [3.8, 4) is 11.5 Å². The number of hydrogen-bond donors (Lipinski definition) is 2. The highest BCUT2D eigenvalue weighted by atomic mass is 16.5. The molecule has 0 aliphatic carbocycles. The maximum Gasteiger partial charge on any atom is 0.258 e. The van der Waals surface area contributed by atoms with Crippen LogP contribution in [-0.4, -0.2) is 68.0 Å². The second kappa shape index (κ2) is 8.90. The van der Waals surface area contributed by atoms with Crippen molar-refractivity contribution < 1.29 is 24.1 Å². The van der Waals surface area contributed by atoms with Gasteiger partial charge in [-0.2, -0.15) is 0 Å². The van der Waals surface area contributed by atoms with Crippen molar-refractivity contribution in [3.63, 3.8) is 0 Å². The van der Waals surface area contributed by atoms with Gasteiger partial charge in [0.05, 0.1) is 39.0 Å². The molecule has 8 nitrogen and oxygen atoms in total. The van der Waals surface area contributed by atoms with Crippen molar-refractivity contribution in [2.75, 3.05) is 46.3 Å². The van der Waals surface area contributed by atoms with Crippen LogP contribution in [0.4, 0.5) is 5.82 Å². The van der Waals surface area contributed by atoms with Gasteiger partial charge in [-0.15, -0.1) is 0 Å². The van der Waals surface area contributed by atoms with Gasteiger partial charge >= 0.3 is 0 Å². The minimum atomic E-state index is -0.550. The summed E-state index contributed by atoms with van der Waals surface area (Å²) in [6.45, 7) is 0.525. The van der Waals surface area contributed by atoms with Gasteiger partial charge < -0.3 is 29.5 Å². The Morgan fingerprint density at radius 3 is 2.79 bits per heavy atom. The number of aromatic nitrogens is 1. The van der Waals surface area contributed by atoms with Crippen molar-refractivity contribution in [1.82, 2.24) is 9.88 Å². The van der Waals surface area contributed by atoms with E-state index in [2.05, 4.69) is 10.3 Å². The van der Waals surface area contributed by atoms with Gasteiger partial charge in [0.15, 0.2) is 11.5 Å². The normalized spacial score (nSPS) is 19.2. The Kier molecular flexibility index (Phi) is 6.33. The first-order chi connectivity index (χ1) is 13.6. The molecule has 150 valence electrons. The van der Waals surface area contributed by atoms with Crippen LogP contribution < -0.4 is 14.8 Å². The van der Waals surface area contributed by atoms with E-state index in [1.165, 1.54) is 0 Å². The third kappa shape index (κ3) is 3.74. The Hall–Kier alpha value is -2.84. The molecule has 0 radical (unpaired) electrons. The van der Waals surface area contributed by atoms with Crippen LogP contribution in [0.1, 0.15) is 22.0 Å². The van der Waals surface area contributed by atoms with Crippen LogP contribution in [0.2, 0.25) is 0 Å². The Labute approximate surface area is 164 Å². The molecular formula is C20H25N3O5. The summed E-state index contributed by atoms with van der Waals surface area (Å²) in [7, 11) is 4.84. The van der Waals surface area contributed by atoms with Gasteiger partial charge in [-0.25, -0.2) is 4.98 Å². The van der Waals surface area contributed by atoms with Gasteiger partial charge in [-0.1, -0.05) is 6.07 Å². The molecule has 0 bridgehead atoms. The quantitative estimate of drug-likeness (QED) is 0.779. The lowest BCUT2D eigenvalue weighted by Gasteiger charge is -2.41. The molecule has 1 aromatic heterocycles. The number of nitrogens with zero attached hydrogens (tertiary/aromatic N) is 2. The first-order valence-corrected chi connectivity index (χ1v) is 9.02. The van der Waals surface area contributed by atoms with Gasteiger partial charge in [0.2, 0.25) is 0 Å². The monoisotopic (exact) mass is 387 g/mol. The Balaban J connectivity index is 2.03. The van der Waals surface area contributed by atoms with Crippen LogP contribution in [0.3, 0.4) is 0 Å². The zero-order chi connectivity index (χ0) is 20.1. The molecule has 0 spiro atoms. The fraction of sp³-hybridized carbons (Fsp3) is 0.400. The molecule has 1 aromatic carbocycles. The predicted molar refractivity (Wildman–Crippen MR) is 104 cm³/mol. The van der Waals surface area contributed by atoms with Gasteiger partial charge in [0.25, 0.3) is 5.91 Å². The number of methoxy groups -OCH3 is 2. The molecule has 3 rings (SSSR count). The number of hydrogen-bond acceptors (Lipinski definition) is 7. The van der Waals surface area contributed by atoms with E-state index in [9.17, 15) is 9.90 Å². The van der Waals surface area contributed by atoms with Crippen LogP contribution in [0.25, 0.3) is 0 Å². The molecule has 0 saturated carbocycles. The number of pyridine rings is 1. The van der Waals surface area contributed by atoms with E-state index in [0.29, 0.717) is 36.0 Å². The van der Waals surface area contributed by atoms with Crippen molar-refractivity contribution in [2.24, 2.45) is 0 Å². The second-order valence-corrected chi connectivity index (χ2v) is 6.30. The second-order valence-electron chi connectivity index (χ2n) is 6.30. The standard InChI is InChI=1S/C20H25N3O5/c1-21-19-14(5-4-8-22-19)20(25)23-9-10-28-17(12-24)18(23)13-6-7-15(26-2)16(11-13)27-3/h4-8,11,17-18,24H,9-10,12H2,1-3H3,(H,21,22)/t17-,18-/m1/s1. The van der Waals surface area contributed by atoms with E-state index in [1.54, 1.807) is 50.6 Å². The van der Waals surface area contributed by atoms with Crippen molar-refractivity contribution in [2.45, 2.75) is 12.1 Å².